The number of carbonyl (C=O) groups excluding carboxylic acids is 1. The van der Waals surface area contributed by atoms with E-state index >= 15 is 0 Å². The van der Waals surface area contributed by atoms with E-state index in [-0.39, 0.29) is 18.6 Å². The first-order valence-electron chi connectivity index (χ1n) is 5.81. The van der Waals surface area contributed by atoms with Crippen LogP contribution in [0.15, 0.2) is 15.9 Å². The number of halogens is 1. The van der Waals surface area contributed by atoms with Gasteiger partial charge in [0, 0.05) is 20.8 Å². The number of rotatable bonds is 3. The van der Waals surface area contributed by atoms with Gasteiger partial charge < -0.3 is 14.7 Å². The molecule has 2 rings (SSSR count). The van der Waals surface area contributed by atoms with Gasteiger partial charge in [0.2, 0.25) is 5.91 Å². The molecule has 1 N–H and O–H groups in total. The molecular weight excluding hydrogens is 334 g/mol. The van der Waals surface area contributed by atoms with Crippen LogP contribution in [0.1, 0.15) is 24.8 Å². The van der Waals surface area contributed by atoms with Crippen molar-refractivity contribution in [1.29, 1.82) is 0 Å². The molecule has 1 aliphatic heterocycles. The van der Waals surface area contributed by atoms with Gasteiger partial charge in [-0.2, -0.15) is 0 Å². The minimum atomic E-state index is -1.05. The summed E-state index contributed by atoms with van der Waals surface area (Å²) in [6.45, 7) is 3.56. The largest absolute Gasteiger partial charge is 0.479 e. The van der Waals surface area contributed by atoms with Crippen molar-refractivity contribution in [1.82, 2.24) is 4.90 Å². The van der Waals surface area contributed by atoms with Crippen molar-refractivity contribution in [3.63, 3.8) is 0 Å². The molecule has 1 fully saturated rings. The third-order valence-electron chi connectivity index (χ3n) is 2.94. The summed E-state index contributed by atoms with van der Waals surface area (Å²) in [5, 5.41) is 11.2. The Hall–Kier alpha value is -0.920. The van der Waals surface area contributed by atoms with Gasteiger partial charge in [-0.1, -0.05) is 0 Å². The van der Waals surface area contributed by atoms with Crippen molar-refractivity contribution >= 4 is 39.1 Å². The first-order chi connectivity index (χ1) is 8.91. The van der Waals surface area contributed by atoms with Crippen molar-refractivity contribution < 1.29 is 19.4 Å². The van der Waals surface area contributed by atoms with Gasteiger partial charge in [-0.25, -0.2) is 4.79 Å². The van der Waals surface area contributed by atoms with E-state index in [0.29, 0.717) is 0 Å². The Morgan fingerprint density at radius 2 is 2.32 bits per heavy atom. The van der Waals surface area contributed by atoms with Gasteiger partial charge >= 0.3 is 5.97 Å². The molecule has 1 amide bonds. The third kappa shape index (κ3) is 2.82. The zero-order valence-electron chi connectivity index (χ0n) is 10.5. The highest BCUT2D eigenvalue weighted by Crippen LogP contribution is 2.36. The second-order valence-corrected chi connectivity index (χ2v) is 6.44. The SMILES string of the molecule is CC(C)N1C(=O)COC(C(=O)O)C1c1cc(Br)cs1. The number of hydrogen-bond acceptors (Lipinski definition) is 4. The summed E-state index contributed by atoms with van der Waals surface area (Å²) in [5.41, 5.74) is 0. The van der Waals surface area contributed by atoms with Gasteiger partial charge in [0.1, 0.15) is 12.6 Å². The van der Waals surface area contributed by atoms with Gasteiger partial charge in [0.25, 0.3) is 0 Å². The highest BCUT2D eigenvalue weighted by Gasteiger charge is 2.43. The molecule has 1 aliphatic rings. The minimum Gasteiger partial charge on any atom is -0.479 e. The number of carbonyl (C=O) groups is 2. The number of nitrogens with zero attached hydrogens (tertiary/aromatic N) is 1. The monoisotopic (exact) mass is 347 g/mol. The summed E-state index contributed by atoms with van der Waals surface area (Å²) in [6, 6.07) is 1.18. The number of carboxylic acids is 1. The van der Waals surface area contributed by atoms with Crippen molar-refractivity contribution in [2.24, 2.45) is 0 Å². The molecule has 2 unspecified atom stereocenters. The van der Waals surface area contributed by atoms with Crippen LogP contribution >= 0.6 is 27.3 Å². The molecule has 5 nitrogen and oxygen atoms in total. The third-order valence-corrected chi connectivity index (χ3v) is 4.70. The van der Waals surface area contributed by atoms with Crippen molar-refractivity contribution in [3.05, 3.63) is 20.8 Å². The lowest BCUT2D eigenvalue weighted by atomic mass is 10.0. The molecule has 104 valence electrons. The van der Waals surface area contributed by atoms with E-state index in [0.717, 1.165) is 9.35 Å². The molecule has 1 aromatic rings. The number of thiophene rings is 1. The highest BCUT2D eigenvalue weighted by atomic mass is 79.9. The predicted molar refractivity (Wildman–Crippen MR) is 74.1 cm³/mol. The van der Waals surface area contributed by atoms with Gasteiger partial charge in [-0.3, -0.25) is 4.79 Å². The van der Waals surface area contributed by atoms with Gasteiger partial charge in [-0.15, -0.1) is 11.3 Å². The number of aliphatic carboxylic acids is 1. The summed E-state index contributed by atoms with van der Waals surface area (Å²) in [7, 11) is 0. The lowest BCUT2D eigenvalue weighted by Crippen LogP contribution is -2.54. The molecule has 0 bridgehead atoms. The normalized spacial score (nSPS) is 24.0. The Kier molecular flexibility index (Phi) is 4.27. The molecule has 7 heteroatoms. The zero-order valence-corrected chi connectivity index (χ0v) is 12.9. The van der Waals surface area contributed by atoms with Crippen molar-refractivity contribution in [2.75, 3.05) is 6.61 Å². The van der Waals surface area contributed by atoms with Crippen LogP contribution < -0.4 is 0 Å². The van der Waals surface area contributed by atoms with Crippen LogP contribution in [0, 0.1) is 0 Å². The average Bonchev–Trinajstić information content (AvgIpc) is 2.74. The van der Waals surface area contributed by atoms with Crippen molar-refractivity contribution in [2.45, 2.75) is 32.0 Å². The maximum atomic E-state index is 12.0. The zero-order chi connectivity index (χ0) is 14.2. The van der Waals surface area contributed by atoms with Crippen LogP contribution in [0.3, 0.4) is 0 Å². The van der Waals surface area contributed by atoms with E-state index in [1.807, 2.05) is 25.3 Å². The number of ether oxygens (including phenoxy) is 1. The predicted octanol–water partition coefficient (Wildman–Crippen LogP) is 2.27. The lowest BCUT2D eigenvalue weighted by Gasteiger charge is -2.41. The Labute approximate surface area is 123 Å². The van der Waals surface area contributed by atoms with E-state index in [1.165, 1.54) is 11.3 Å². The molecule has 1 aromatic heterocycles. The first-order valence-corrected chi connectivity index (χ1v) is 7.48. The van der Waals surface area contributed by atoms with E-state index in [9.17, 15) is 14.7 Å². The Morgan fingerprint density at radius 1 is 1.63 bits per heavy atom. The Morgan fingerprint density at radius 3 is 2.79 bits per heavy atom. The van der Waals surface area contributed by atoms with Crippen LogP contribution in [-0.2, 0) is 14.3 Å². The van der Waals surface area contributed by atoms with E-state index in [1.54, 1.807) is 4.90 Å². The molecule has 0 saturated carbocycles. The fourth-order valence-electron chi connectivity index (χ4n) is 2.21. The fourth-order valence-corrected chi connectivity index (χ4v) is 3.78. The Balaban J connectivity index is 2.43. The minimum absolute atomic E-state index is 0.0795. The Bertz CT molecular complexity index is 502. The number of hydrogen-bond donors (Lipinski definition) is 1. The van der Waals surface area contributed by atoms with E-state index in [4.69, 9.17) is 4.74 Å². The van der Waals surface area contributed by atoms with Crippen LogP contribution in [-0.4, -0.2) is 40.6 Å². The van der Waals surface area contributed by atoms with E-state index in [2.05, 4.69) is 15.9 Å². The molecule has 19 heavy (non-hydrogen) atoms. The molecule has 2 heterocycles. The number of morpholine rings is 1. The average molecular weight is 348 g/mol. The summed E-state index contributed by atoms with van der Waals surface area (Å²) >= 11 is 4.76. The first kappa shape index (κ1) is 14.5. The van der Waals surface area contributed by atoms with Crippen molar-refractivity contribution in [3.8, 4) is 0 Å². The summed E-state index contributed by atoms with van der Waals surface area (Å²) in [5.74, 6) is -1.23. The highest BCUT2D eigenvalue weighted by molar-refractivity contribution is 9.10. The molecular formula is C12H14BrNO4S. The van der Waals surface area contributed by atoms with Gasteiger partial charge in [0.15, 0.2) is 6.10 Å². The van der Waals surface area contributed by atoms with Gasteiger partial charge in [-0.05, 0) is 35.8 Å². The van der Waals surface area contributed by atoms with Crippen LogP contribution in [0.5, 0.6) is 0 Å². The second kappa shape index (κ2) is 5.60. The maximum absolute atomic E-state index is 12.0. The van der Waals surface area contributed by atoms with E-state index < -0.39 is 18.1 Å². The lowest BCUT2D eigenvalue weighted by molar-refractivity contribution is -0.175. The number of carboxylic acid groups (broad SMARTS) is 1. The topological polar surface area (TPSA) is 66.8 Å². The van der Waals surface area contributed by atoms with Crippen LogP contribution in [0.25, 0.3) is 0 Å². The van der Waals surface area contributed by atoms with Crippen LogP contribution in [0.4, 0.5) is 0 Å². The van der Waals surface area contributed by atoms with Gasteiger partial charge in [0.05, 0.1) is 0 Å². The molecule has 2 atom stereocenters. The fraction of sp³-hybridized carbons (Fsp3) is 0.500. The standard InChI is InChI=1S/C12H14BrNO4S/c1-6(2)14-9(15)4-18-11(12(16)17)10(14)8-3-7(13)5-19-8/h3,5-6,10-11H,4H2,1-2H3,(H,16,17). The summed E-state index contributed by atoms with van der Waals surface area (Å²) in [4.78, 5) is 25.7. The number of amides is 1. The molecule has 0 spiro atoms. The van der Waals surface area contributed by atoms with Crippen LogP contribution in [0.2, 0.25) is 0 Å². The molecule has 0 aromatic carbocycles. The summed E-state index contributed by atoms with van der Waals surface area (Å²) < 4.78 is 6.08. The molecule has 0 radical (unpaired) electrons. The maximum Gasteiger partial charge on any atom is 0.335 e. The second-order valence-electron chi connectivity index (χ2n) is 4.58. The molecule has 1 saturated heterocycles. The summed E-state index contributed by atoms with van der Waals surface area (Å²) in [6.07, 6.45) is -1.02. The molecule has 0 aliphatic carbocycles. The smallest absolute Gasteiger partial charge is 0.335 e. The quantitative estimate of drug-likeness (QED) is 0.910.